The van der Waals surface area contributed by atoms with Gasteiger partial charge < -0.3 is 19.5 Å². The zero-order valence-corrected chi connectivity index (χ0v) is 14.8. The zero-order valence-electron chi connectivity index (χ0n) is 14.8. The van der Waals surface area contributed by atoms with Gasteiger partial charge in [-0.3, -0.25) is 4.79 Å². The van der Waals surface area contributed by atoms with Gasteiger partial charge in [-0.25, -0.2) is 8.78 Å². The highest BCUT2D eigenvalue weighted by atomic mass is 19.1. The summed E-state index contributed by atoms with van der Waals surface area (Å²) in [5, 5.41) is 2.60. The number of carbonyl (C=O) groups excluding carboxylic acids is 1. The van der Waals surface area contributed by atoms with Gasteiger partial charge in [-0.2, -0.15) is 0 Å². The molecule has 0 unspecified atom stereocenters. The largest absolute Gasteiger partial charge is 0.371 e. The van der Waals surface area contributed by atoms with Crippen molar-refractivity contribution >= 4 is 5.91 Å². The van der Waals surface area contributed by atoms with Crippen LogP contribution in [0.4, 0.5) is 8.78 Å². The van der Waals surface area contributed by atoms with E-state index in [1.807, 2.05) is 30.3 Å². The van der Waals surface area contributed by atoms with E-state index in [-0.39, 0.29) is 31.0 Å². The first kappa shape index (κ1) is 19.4. The number of hydrogen-bond donors (Lipinski definition) is 1. The van der Waals surface area contributed by atoms with Gasteiger partial charge in [-0.15, -0.1) is 0 Å². The Morgan fingerprint density at radius 2 is 1.85 bits per heavy atom. The van der Waals surface area contributed by atoms with Gasteiger partial charge in [0, 0.05) is 18.2 Å². The molecular formula is C20H21F2NO4. The van der Waals surface area contributed by atoms with Crippen LogP contribution in [0, 0.1) is 11.6 Å². The van der Waals surface area contributed by atoms with Crippen molar-refractivity contribution in [3.8, 4) is 0 Å². The van der Waals surface area contributed by atoms with Gasteiger partial charge in [-0.1, -0.05) is 36.4 Å². The summed E-state index contributed by atoms with van der Waals surface area (Å²) >= 11 is 0. The molecule has 2 aromatic rings. The molecule has 1 heterocycles. The summed E-state index contributed by atoms with van der Waals surface area (Å²) in [6.07, 6.45) is -0.0788. The average Bonchev–Trinajstić information content (AvgIpc) is 3.10. The summed E-state index contributed by atoms with van der Waals surface area (Å²) < 4.78 is 43.5. The number of amides is 1. The Bertz CT molecular complexity index is 764. The number of rotatable bonds is 8. The average molecular weight is 377 g/mol. The standard InChI is InChI=1S/C20H21F2NO4/c21-17-7-6-16(18(22)10-17)12-23-19(24)11-20(26-8-9-27-20)14-25-13-15-4-2-1-3-5-15/h1-7,10H,8-9,11-14H2,(H,23,24). The van der Waals surface area contributed by atoms with Crippen molar-refractivity contribution in [3.63, 3.8) is 0 Å². The fourth-order valence-electron chi connectivity index (χ4n) is 2.80. The number of carbonyl (C=O) groups is 1. The molecular weight excluding hydrogens is 356 g/mol. The summed E-state index contributed by atoms with van der Waals surface area (Å²) in [4.78, 5) is 12.3. The number of nitrogens with one attached hydrogen (secondary N) is 1. The molecule has 1 aliphatic heterocycles. The lowest BCUT2D eigenvalue weighted by Crippen LogP contribution is -2.41. The van der Waals surface area contributed by atoms with E-state index in [1.165, 1.54) is 6.07 Å². The molecule has 1 saturated heterocycles. The van der Waals surface area contributed by atoms with Crippen molar-refractivity contribution in [2.24, 2.45) is 0 Å². The number of hydrogen-bond acceptors (Lipinski definition) is 4. The van der Waals surface area contributed by atoms with Crippen molar-refractivity contribution in [3.05, 3.63) is 71.3 Å². The number of ether oxygens (including phenoxy) is 3. The van der Waals surface area contributed by atoms with Gasteiger partial charge >= 0.3 is 0 Å². The lowest BCUT2D eigenvalue weighted by Gasteiger charge is -2.26. The van der Waals surface area contributed by atoms with Gasteiger partial charge in [0.1, 0.15) is 18.2 Å². The Hall–Kier alpha value is -2.35. The van der Waals surface area contributed by atoms with Crippen LogP contribution in [0.25, 0.3) is 0 Å². The molecule has 0 bridgehead atoms. The molecule has 27 heavy (non-hydrogen) atoms. The minimum atomic E-state index is -1.15. The SMILES string of the molecule is O=C(CC1(COCc2ccccc2)OCCO1)NCc1ccc(F)cc1F. The molecule has 1 aliphatic rings. The quantitative estimate of drug-likeness (QED) is 0.769. The fraction of sp³-hybridized carbons (Fsp3) is 0.350. The van der Waals surface area contributed by atoms with Gasteiger partial charge in [0.2, 0.25) is 11.7 Å². The third-order valence-corrected chi connectivity index (χ3v) is 4.17. The van der Waals surface area contributed by atoms with Gasteiger partial charge in [-0.05, 0) is 11.6 Å². The predicted octanol–water partition coefficient (Wildman–Crippen LogP) is 2.93. The van der Waals surface area contributed by atoms with Gasteiger partial charge in [0.15, 0.2) is 0 Å². The van der Waals surface area contributed by atoms with Gasteiger partial charge in [0.25, 0.3) is 0 Å². The van der Waals surface area contributed by atoms with E-state index >= 15 is 0 Å². The second-order valence-electron chi connectivity index (χ2n) is 6.28. The lowest BCUT2D eigenvalue weighted by molar-refractivity contribution is -0.200. The summed E-state index contributed by atoms with van der Waals surface area (Å²) in [5.41, 5.74) is 1.20. The maximum Gasteiger partial charge on any atom is 0.225 e. The van der Waals surface area contributed by atoms with E-state index in [1.54, 1.807) is 0 Å². The van der Waals surface area contributed by atoms with Crippen LogP contribution < -0.4 is 5.32 Å². The van der Waals surface area contributed by atoms with E-state index in [4.69, 9.17) is 14.2 Å². The van der Waals surface area contributed by atoms with Crippen LogP contribution in [0.5, 0.6) is 0 Å². The molecule has 2 aromatic carbocycles. The summed E-state index contributed by atoms with van der Waals surface area (Å²) in [5.74, 6) is -2.89. The summed E-state index contributed by atoms with van der Waals surface area (Å²) in [7, 11) is 0. The fourth-order valence-corrected chi connectivity index (χ4v) is 2.80. The van der Waals surface area contributed by atoms with E-state index in [0.717, 1.165) is 17.7 Å². The first-order valence-electron chi connectivity index (χ1n) is 8.67. The van der Waals surface area contributed by atoms with Crippen LogP contribution >= 0.6 is 0 Å². The molecule has 0 aliphatic carbocycles. The third-order valence-electron chi connectivity index (χ3n) is 4.17. The minimum Gasteiger partial charge on any atom is -0.371 e. The highest BCUT2D eigenvalue weighted by Gasteiger charge is 2.39. The number of benzene rings is 2. The van der Waals surface area contributed by atoms with Crippen LogP contribution in [0.1, 0.15) is 17.5 Å². The predicted molar refractivity (Wildman–Crippen MR) is 93.6 cm³/mol. The third kappa shape index (κ3) is 5.56. The van der Waals surface area contributed by atoms with Crippen LogP contribution in [-0.4, -0.2) is 31.5 Å². The smallest absolute Gasteiger partial charge is 0.225 e. The Morgan fingerprint density at radius 3 is 2.56 bits per heavy atom. The Balaban J connectivity index is 1.51. The van der Waals surface area contributed by atoms with E-state index in [9.17, 15) is 13.6 Å². The van der Waals surface area contributed by atoms with Crippen LogP contribution in [0.2, 0.25) is 0 Å². The molecule has 1 amide bonds. The molecule has 0 atom stereocenters. The molecule has 0 saturated carbocycles. The van der Waals surface area contributed by atoms with Crippen molar-refractivity contribution in [1.82, 2.24) is 5.32 Å². The molecule has 3 rings (SSSR count). The molecule has 144 valence electrons. The van der Waals surface area contributed by atoms with Crippen LogP contribution in [-0.2, 0) is 32.2 Å². The minimum absolute atomic E-state index is 0.0497. The van der Waals surface area contributed by atoms with Crippen LogP contribution in [0.3, 0.4) is 0 Å². The zero-order chi connectivity index (χ0) is 19.1. The highest BCUT2D eigenvalue weighted by Crippen LogP contribution is 2.24. The maximum absolute atomic E-state index is 13.6. The molecule has 7 heteroatoms. The lowest BCUT2D eigenvalue weighted by atomic mass is 10.1. The van der Waals surface area contributed by atoms with E-state index in [2.05, 4.69) is 5.32 Å². The maximum atomic E-state index is 13.6. The monoisotopic (exact) mass is 377 g/mol. The second-order valence-corrected chi connectivity index (χ2v) is 6.28. The normalized spacial score (nSPS) is 15.6. The molecule has 0 aromatic heterocycles. The molecule has 0 radical (unpaired) electrons. The van der Waals surface area contributed by atoms with Gasteiger partial charge in [0.05, 0.1) is 26.2 Å². The molecule has 1 fully saturated rings. The summed E-state index contributed by atoms with van der Waals surface area (Å²) in [6.45, 7) is 1.16. The molecule has 0 spiro atoms. The Kier molecular flexibility index (Phi) is 6.49. The van der Waals surface area contributed by atoms with E-state index in [0.29, 0.717) is 19.8 Å². The van der Waals surface area contributed by atoms with Crippen molar-refractivity contribution < 1.29 is 27.8 Å². The van der Waals surface area contributed by atoms with Crippen LogP contribution in [0.15, 0.2) is 48.5 Å². The molecule has 1 N–H and O–H groups in total. The van der Waals surface area contributed by atoms with Crippen molar-refractivity contribution in [2.75, 3.05) is 19.8 Å². The topological polar surface area (TPSA) is 56.8 Å². The Labute approximate surface area is 156 Å². The Morgan fingerprint density at radius 1 is 1.11 bits per heavy atom. The first-order valence-corrected chi connectivity index (χ1v) is 8.67. The highest BCUT2D eigenvalue weighted by molar-refractivity contribution is 5.76. The molecule has 5 nitrogen and oxygen atoms in total. The first-order chi connectivity index (χ1) is 13.1. The van der Waals surface area contributed by atoms with Crippen molar-refractivity contribution in [2.45, 2.75) is 25.4 Å². The number of halogens is 2. The second kappa shape index (κ2) is 9.03. The van der Waals surface area contributed by atoms with E-state index < -0.39 is 17.4 Å². The van der Waals surface area contributed by atoms with Crippen molar-refractivity contribution in [1.29, 1.82) is 0 Å². The summed E-state index contributed by atoms with van der Waals surface area (Å²) in [6, 6.07) is 12.9.